The van der Waals surface area contributed by atoms with E-state index in [1.807, 2.05) is 0 Å². The SMILES string of the molecule is CCCC#Cc1ccc(C2CCC(CCCCC)CC2)cc1. The molecule has 0 atom stereocenters. The molecule has 1 aliphatic rings. The van der Waals surface area contributed by atoms with Crippen molar-refractivity contribution in [2.24, 2.45) is 5.92 Å². The first-order valence-electron chi connectivity index (χ1n) is 9.42. The van der Waals surface area contributed by atoms with Crippen LogP contribution in [0.1, 0.15) is 95.1 Å². The number of benzene rings is 1. The maximum Gasteiger partial charge on any atom is 0.0245 e. The summed E-state index contributed by atoms with van der Waals surface area (Å²) < 4.78 is 0. The molecule has 0 saturated heterocycles. The molecule has 1 fully saturated rings. The van der Waals surface area contributed by atoms with Crippen molar-refractivity contribution in [1.82, 2.24) is 0 Å². The van der Waals surface area contributed by atoms with Crippen molar-refractivity contribution in [3.8, 4) is 11.8 Å². The van der Waals surface area contributed by atoms with E-state index in [1.165, 1.54) is 62.5 Å². The van der Waals surface area contributed by atoms with E-state index in [-0.39, 0.29) is 0 Å². The lowest BCUT2D eigenvalue weighted by atomic mass is 9.77. The molecule has 0 amide bonds. The van der Waals surface area contributed by atoms with Crippen LogP contribution in [0, 0.1) is 17.8 Å². The molecule has 0 bridgehead atoms. The lowest BCUT2D eigenvalue weighted by molar-refractivity contribution is 0.303. The molecule has 1 aromatic rings. The molecule has 2 rings (SSSR count). The van der Waals surface area contributed by atoms with E-state index in [4.69, 9.17) is 0 Å². The first-order valence-corrected chi connectivity index (χ1v) is 9.42. The van der Waals surface area contributed by atoms with Crippen LogP contribution in [0.2, 0.25) is 0 Å². The normalized spacial score (nSPS) is 21.2. The van der Waals surface area contributed by atoms with Crippen molar-refractivity contribution in [3.05, 3.63) is 35.4 Å². The van der Waals surface area contributed by atoms with Gasteiger partial charge in [-0.2, -0.15) is 0 Å². The largest absolute Gasteiger partial charge is 0.0979 e. The Morgan fingerprint density at radius 1 is 0.909 bits per heavy atom. The van der Waals surface area contributed by atoms with Crippen LogP contribution in [0.5, 0.6) is 0 Å². The predicted octanol–water partition coefficient (Wildman–Crippen LogP) is 6.69. The summed E-state index contributed by atoms with van der Waals surface area (Å²) >= 11 is 0. The highest BCUT2D eigenvalue weighted by Gasteiger charge is 2.21. The third kappa shape index (κ3) is 5.53. The van der Waals surface area contributed by atoms with Crippen molar-refractivity contribution >= 4 is 0 Å². The molecule has 1 aromatic carbocycles. The van der Waals surface area contributed by atoms with Gasteiger partial charge in [-0.3, -0.25) is 0 Å². The summed E-state index contributed by atoms with van der Waals surface area (Å²) in [4.78, 5) is 0. The van der Waals surface area contributed by atoms with E-state index < -0.39 is 0 Å². The highest BCUT2D eigenvalue weighted by Crippen LogP contribution is 2.37. The predicted molar refractivity (Wildman–Crippen MR) is 97.1 cm³/mol. The van der Waals surface area contributed by atoms with Gasteiger partial charge in [-0.05, 0) is 61.6 Å². The van der Waals surface area contributed by atoms with Crippen LogP contribution in [0.4, 0.5) is 0 Å². The van der Waals surface area contributed by atoms with E-state index in [1.54, 1.807) is 0 Å². The van der Waals surface area contributed by atoms with Gasteiger partial charge in [0.15, 0.2) is 0 Å². The summed E-state index contributed by atoms with van der Waals surface area (Å²) in [5.74, 6) is 8.29. The zero-order valence-corrected chi connectivity index (χ0v) is 14.5. The van der Waals surface area contributed by atoms with Crippen molar-refractivity contribution in [2.45, 2.75) is 84.0 Å². The van der Waals surface area contributed by atoms with Crippen molar-refractivity contribution < 1.29 is 0 Å². The van der Waals surface area contributed by atoms with Gasteiger partial charge in [-0.25, -0.2) is 0 Å². The molecular weight excluding hydrogens is 264 g/mol. The molecule has 0 aromatic heterocycles. The Bertz CT molecular complexity index is 463. The topological polar surface area (TPSA) is 0 Å². The van der Waals surface area contributed by atoms with Gasteiger partial charge in [-0.15, -0.1) is 0 Å². The number of rotatable bonds is 6. The van der Waals surface area contributed by atoms with Gasteiger partial charge in [0.05, 0.1) is 0 Å². The van der Waals surface area contributed by atoms with Gasteiger partial charge in [0.25, 0.3) is 0 Å². The number of unbranched alkanes of at least 4 members (excludes halogenated alkanes) is 3. The minimum atomic E-state index is 0.792. The van der Waals surface area contributed by atoms with Crippen LogP contribution in [-0.4, -0.2) is 0 Å². The monoisotopic (exact) mass is 296 g/mol. The summed E-state index contributed by atoms with van der Waals surface area (Å²) in [5, 5.41) is 0. The van der Waals surface area contributed by atoms with Crippen molar-refractivity contribution in [3.63, 3.8) is 0 Å². The third-order valence-corrected chi connectivity index (χ3v) is 5.05. The van der Waals surface area contributed by atoms with Gasteiger partial charge in [-0.1, -0.05) is 63.5 Å². The van der Waals surface area contributed by atoms with Gasteiger partial charge in [0.2, 0.25) is 0 Å². The lowest BCUT2D eigenvalue weighted by Crippen LogP contribution is -2.13. The van der Waals surface area contributed by atoms with Crippen LogP contribution in [-0.2, 0) is 0 Å². The first-order chi connectivity index (χ1) is 10.8. The molecular formula is C22H32. The minimum absolute atomic E-state index is 0.792. The summed E-state index contributed by atoms with van der Waals surface area (Å²) in [6.45, 7) is 4.48. The average Bonchev–Trinajstić information content (AvgIpc) is 2.57. The molecule has 0 aliphatic heterocycles. The van der Waals surface area contributed by atoms with E-state index in [0.29, 0.717) is 0 Å². The van der Waals surface area contributed by atoms with Crippen LogP contribution in [0.25, 0.3) is 0 Å². The van der Waals surface area contributed by atoms with Gasteiger partial charge >= 0.3 is 0 Å². The Morgan fingerprint density at radius 3 is 2.27 bits per heavy atom. The molecule has 1 aliphatic carbocycles. The standard InChI is InChI=1S/C22H32/c1-3-5-7-9-19-11-15-21(16-12-19)22-17-13-20(14-18-22)10-8-6-4-2/h13-14,17-19,21H,3-7,9,11-12,15-16H2,1-2H3. The van der Waals surface area contributed by atoms with Crippen molar-refractivity contribution in [1.29, 1.82) is 0 Å². The molecule has 0 heterocycles. The highest BCUT2D eigenvalue weighted by molar-refractivity contribution is 5.37. The number of hydrogen-bond donors (Lipinski definition) is 0. The Hall–Kier alpha value is -1.22. The molecule has 1 saturated carbocycles. The second kappa shape index (κ2) is 9.73. The Morgan fingerprint density at radius 2 is 1.64 bits per heavy atom. The fraction of sp³-hybridized carbons (Fsp3) is 0.636. The summed E-state index contributed by atoms with van der Waals surface area (Å²) in [6, 6.07) is 9.06. The quantitative estimate of drug-likeness (QED) is 0.405. The fourth-order valence-corrected chi connectivity index (χ4v) is 3.60. The second-order valence-electron chi connectivity index (χ2n) is 6.89. The van der Waals surface area contributed by atoms with Crippen LogP contribution < -0.4 is 0 Å². The molecule has 0 heteroatoms. The summed E-state index contributed by atoms with van der Waals surface area (Å²) in [6.07, 6.45) is 13.5. The van der Waals surface area contributed by atoms with Crippen LogP contribution in [0.3, 0.4) is 0 Å². The molecule has 0 radical (unpaired) electrons. The molecule has 22 heavy (non-hydrogen) atoms. The lowest BCUT2D eigenvalue weighted by Gasteiger charge is -2.29. The molecule has 0 unspecified atom stereocenters. The first kappa shape index (κ1) is 17.1. The Kier molecular flexibility index (Phi) is 7.58. The van der Waals surface area contributed by atoms with Gasteiger partial charge in [0.1, 0.15) is 0 Å². The zero-order chi connectivity index (χ0) is 15.6. The van der Waals surface area contributed by atoms with Crippen LogP contribution in [0.15, 0.2) is 24.3 Å². The highest BCUT2D eigenvalue weighted by atomic mass is 14.3. The van der Waals surface area contributed by atoms with E-state index >= 15 is 0 Å². The van der Waals surface area contributed by atoms with Crippen molar-refractivity contribution in [2.75, 3.05) is 0 Å². The van der Waals surface area contributed by atoms with Gasteiger partial charge < -0.3 is 0 Å². The maximum absolute atomic E-state index is 3.26. The molecule has 0 nitrogen and oxygen atoms in total. The van der Waals surface area contributed by atoms with E-state index in [9.17, 15) is 0 Å². The Labute approximate surface area is 137 Å². The second-order valence-corrected chi connectivity index (χ2v) is 6.89. The average molecular weight is 296 g/mol. The van der Waals surface area contributed by atoms with Crippen LogP contribution >= 0.6 is 0 Å². The van der Waals surface area contributed by atoms with E-state index in [0.717, 1.165) is 24.7 Å². The molecule has 120 valence electrons. The molecule has 0 N–H and O–H groups in total. The minimum Gasteiger partial charge on any atom is -0.0979 e. The third-order valence-electron chi connectivity index (χ3n) is 5.05. The maximum atomic E-state index is 3.26. The van der Waals surface area contributed by atoms with Gasteiger partial charge in [0, 0.05) is 12.0 Å². The molecule has 0 spiro atoms. The smallest absolute Gasteiger partial charge is 0.0245 e. The summed E-state index contributed by atoms with van der Waals surface area (Å²) in [5.41, 5.74) is 2.71. The zero-order valence-electron chi connectivity index (χ0n) is 14.5. The number of hydrogen-bond acceptors (Lipinski definition) is 0. The summed E-state index contributed by atoms with van der Waals surface area (Å²) in [7, 11) is 0. The Balaban J connectivity index is 1.80. The van der Waals surface area contributed by atoms with E-state index in [2.05, 4.69) is 50.0 Å². The fourth-order valence-electron chi connectivity index (χ4n) is 3.60.